The molecule has 4 rings (SSSR count). The molecule has 30 heavy (non-hydrogen) atoms. The number of halogens is 2. The number of aryl methyl sites for hydroxylation is 1. The summed E-state index contributed by atoms with van der Waals surface area (Å²) in [4.78, 5) is 0. The van der Waals surface area contributed by atoms with E-state index in [-0.39, 0.29) is 0 Å². The molecule has 1 atom stereocenters. The van der Waals surface area contributed by atoms with Crippen molar-refractivity contribution in [2.24, 2.45) is 0 Å². The van der Waals surface area contributed by atoms with Gasteiger partial charge in [-0.3, -0.25) is 4.57 Å². The molecule has 0 spiro atoms. The first-order chi connectivity index (χ1) is 14.2. The Hall–Kier alpha value is -1.55. The van der Waals surface area contributed by atoms with Crippen molar-refractivity contribution in [3.8, 4) is 5.75 Å². The van der Waals surface area contributed by atoms with E-state index >= 15 is 0 Å². The highest BCUT2D eigenvalue weighted by atomic mass is 79.9. The van der Waals surface area contributed by atoms with E-state index < -0.39 is 12.5 Å². The van der Waals surface area contributed by atoms with Gasteiger partial charge in [-0.2, -0.15) is 0 Å². The SMILES string of the molecule is CCn1c2ccccc2c2cc([P@](=O)(Oc3ccc(Br)cc3Br)C(C)(C)C)ccc21. The maximum absolute atomic E-state index is 14.4. The van der Waals surface area contributed by atoms with Gasteiger partial charge in [0.05, 0.1) is 9.63 Å². The lowest BCUT2D eigenvalue weighted by atomic mass is 10.1. The molecule has 0 fully saturated rings. The molecule has 4 aromatic rings. The fourth-order valence-electron chi connectivity index (χ4n) is 3.83. The molecule has 0 aliphatic rings. The quantitative estimate of drug-likeness (QED) is 0.241. The van der Waals surface area contributed by atoms with Crippen molar-refractivity contribution in [2.45, 2.75) is 39.4 Å². The molecule has 0 aliphatic heterocycles. The number of fused-ring (bicyclic) bond motifs is 3. The molecular formula is C24H24Br2NO2P. The van der Waals surface area contributed by atoms with Gasteiger partial charge in [0, 0.05) is 38.1 Å². The number of rotatable bonds is 4. The van der Waals surface area contributed by atoms with E-state index in [2.05, 4.69) is 73.7 Å². The summed E-state index contributed by atoms with van der Waals surface area (Å²) in [6.07, 6.45) is 0. The van der Waals surface area contributed by atoms with Crippen LogP contribution in [0.3, 0.4) is 0 Å². The minimum atomic E-state index is -3.26. The maximum Gasteiger partial charge on any atom is 0.282 e. The van der Waals surface area contributed by atoms with Crippen LogP contribution in [0.5, 0.6) is 5.75 Å². The number of nitrogens with zero attached hydrogens (tertiary/aromatic N) is 1. The Labute approximate surface area is 194 Å². The molecule has 0 radical (unpaired) electrons. The van der Waals surface area contributed by atoms with E-state index in [1.54, 1.807) is 0 Å². The molecule has 0 saturated carbocycles. The van der Waals surface area contributed by atoms with Crippen molar-refractivity contribution in [2.75, 3.05) is 0 Å². The van der Waals surface area contributed by atoms with Crippen LogP contribution in [0.25, 0.3) is 21.8 Å². The second-order valence-electron chi connectivity index (χ2n) is 8.35. The first kappa shape index (κ1) is 21.7. The van der Waals surface area contributed by atoms with Crippen LogP contribution in [0.4, 0.5) is 0 Å². The second-order valence-corrected chi connectivity index (χ2v) is 13.3. The minimum absolute atomic E-state index is 0.573. The van der Waals surface area contributed by atoms with E-state index in [1.165, 1.54) is 10.9 Å². The lowest BCUT2D eigenvalue weighted by Crippen LogP contribution is -2.26. The summed E-state index contributed by atoms with van der Waals surface area (Å²) in [5, 5.41) is 2.43. The maximum atomic E-state index is 14.4. The molecule has 0 saturated heterocycles. The van der Waals surface area contributed by atoms with Gasteiger partial charge in [-0.05, 0) is 86.1 Å². The third kappa shape index (κ3) is 3.55. The van der Waals surface area contributed by atoms with Gasteiger partial charge in [0.15, 0.2) is 0 Å². The smallest absolute Gasteiger partial charge is 0.282 e. The topological polar surface area (TPSA) is 31.2 Å². The number of aromatic nitrogens is 1. The van der Waals surface area contributed by atoms with Gasteiger partial charge in [0.2, 0.25) is 0 Å². The van der Waals surface area contributed by atoms with Crippen LogP contribution in [0.1, 0.15) is 27.7 Å². The van der Waals surface area contributed by atoms with Crippen LogP contribution >= 0.6 is 39.2 Å². The van der Waals surface area contributed by atoms with Gasteiger partial charge in [-0.1, -0.05) is 34.1 Å². The van der Waals surface area contributed by atoms with E-state index in [0.29, 0.717) is 5.75 Å². The second kappa shape index (κ2) is 7.85. The van der Waals surface area contributed by atoms with Gasteiger partial charge in [-0.15, -0.1) is 0 Å². The lowest BCUT2D eigenvalue weighted by Gasteiger charge is -2.31. The van der Waals surface area contributed by atoms with Crippen LogP contribution in [-0.2, 0) is 11.1 Å². The van der Waals surface area contributed by atoms with Crippen LogP contribution < -0.4 is 9.83 Å². The predicted octanol–water partition coefficient (Wildman–Crippen LogP) is 8.12. The summed E-state index contributed by atoms with van der Waals surface area (Å²) in [6, 6.07) is 20.1. The highest BCUT2D eigenvalue weighted by Gasteiger charge is 2.41. The van der Waals surface area contributed by atoms with Gasteiger partial charge < -0.3 is 9.09 Å². The van der Waals surface area contributed by atoms with E-state index in [4.69, 9.17) is 4.52 Å². The molecule has 3 aromatic carbocycles. The third-order valence-electron chi connectivity index (χ3n) is 5.42. The number of hydrogen-bond donors (Lipinski definition) is 0. The first-order valence-electron chi connectivity index (χ1n) is 9.92. The average molecular weight is 549 g/mol. The lowest BCUT2D eigenvalue weighted by molar-refractivity contribution is 0.460. The van der Waals surface area contributed by atoms with Crippen LogP contribution in [0.2, 0.25) is 0 Å². The zero-order chi connectivity index (χ0) is 21.7. The zero-order valence-electron chi connectivity index (χ0n) is 17.4. The Balaban J connectivity index is 1.94. The molecule has 0 bridgehead atoms. The molecule has 6 heteroatoms. The molecule has 0 aliphatic carbocycles. The minimum Gasteiger partial charge on any atom is -0.438 e. The number of hydrogen-bond acceptors (Lipinski definition) is 2. The van der Waals surface area contributed by atoms with Gasteiger partial charge in [-0.25, -0.2) is 0 Å². The van der Waals surface area contributed by atoms with Crippen LogP contribution in [-0.4, -0.2) is 9.72 Å². The summed E-state index contributed by atoms with van der Waals surface area (Å²) < 4.78 is 24.7. The normalized spacial score (nSPS) is 14.2. The molecule has 0 N–H and O–H groups in total. The predicted molar refractivity (Wildman–Crippen MR) is 135 cm³/mol. The van der Waals surface area contributed by atoms with E-state index in [1.807, 2.05) is 51.1 Å². The Morgan fingerprint density at radius 3 is 2.30 bits per heavy atom. The largest absolute Gasteiger partial charge is 0.438 e. The van der Waals surface area contributed by atoms with Crippen molar-refractivity contribution in [1.29, 1.82) is 0 Å². The molecule has 3 nitrogen and oxygen atoms in total. The summed E-state index contributed by atoms with van der Waals surface area (Å²) in [7, 11) is -3.26. The Bertz CT molecular complexity index is 1300. The monoisotopic (exact) mass is 547 g/mol. The third-order valence-corrected chi connectivity index (χ3v) is 9.71. The van der Waals surface area contributed by atoms with E-state index in [0.717, 1.165) is 31.7 Å². The number of benzene rings is 3. The van der Waals surface area contributed by atoms with Crippen molar-refractivity contribution in [1.82, 2.24) is 4.57 Å². The fourth-order valence-corrected chi connectivity index (χ4v) is 7.24. The Morgan fingerprint density at radius 2 is 1.63 bits per heavy atom. The summed E-state index contributed by atoms with van der Waals surface area (Å²) in [6.45, 7) is 8.94. The zero-order valence-corrected chi connectivity index (χ0v) is 21.5. The van der Waals surface area contributed by atoms with E-state index in [9.17, 15) is 4.57 Å². The Kier molecular flexibility index (Phi) is 5.67. The summed E-state index contributed by atoms with van der Waals surface area (Å²) in [5.74, 6) is 0.576. The molecular weight excluding hydrogens is 525 g/mol. The molecule has 156 valence electrons. The van der Waals surface area contributed by atoms with Crippen molar-refractivity contribution >= 4 is 66.3 Å². The van der Waals surface area contributed by atoms with Crippen molar-refractivity contribution in [3.05, 3.63) is 69.6 Å². The highest BCUT2D eigenvalue weighted by Crippen LogP contribution is 2.58. The molecule has 0 amide bonds. The summed E-state index contributed by atoms with van der Waals surface area (Å²) in [5.41, 5.74) is 2.34. The van der Waals surface area contributed by atoms with Crippen molar-refractivity contribution < 1.29 is 9.09 Å². The van der Waals surface area contributed by atoms with Gasteiger partial charge in [0.25, 0.3) is 7.37 Å². The standard InChI is InChI=1S/C24H24Br2NO2P/c1-5-27-21-9-7-6-8-18(21)19-15-17(11-12-22(19)27)30(28,24(2,3)4)29-23-13-10-16(25)14-20(23)26/h6-15H,5H2,1-4H3/t30-/m0/s1. The average Bonchev–Trinajstić information content (AvgIpc) is 3.02. The van der Waals surface area contributed by atoms with Crippen LogP contribution in [0.15, 0.2) is 69.6 Å². The Morgan fingerprint density at radius 1 is 0.933 bits per heavy atom. The highest BCUT2D eigenvalue weighted by molar-refractivity contribution is 9.11. The number of para-hydroxylation sites is 1. The van der Waals surface area contributed by atoms with Crippen molar-refractivity contribution in [3.63, 3.8) is 0 Å². The molecule has 0 unspecified atom stereocenters. The summed E-state index contributed by atoms with van der Waals surface area (Å²) >= 11 is 7.01. The van der Waals surface area contributed by atoms with Gasteiger partial charge >= 0.3 is 0 Å². The van der Waals surface area contributed by atoms with Crippen LogP contribution in [0, 0.1) is 0 Å². The molecule has 1 heterocycles. The first-order valence-corrected chi connectivity index (χ1v) is 13.1. The van der Waals surface area contributed by atoms with Gasteiger partial charge in [0.1, 0.15) is 5.75 Å². The molecule has 1 aromatic heterocycles. The fraction of sp³-hybridized carbons (Fsp3) is 0.250.